The van der Waals surface area contributed by atoms with Crippen molar-refractivity contribution in [3.8, 4) is 0 Å². The Kier molecular flexibility index (Phi) is 8.26. The summed E-state index contributed by atoms with van der Waals surface area (Å²) in [6, 6.07) is 37.0. The molecular formula is C27H20FNS3. The molecule has 0 amide bonds. The second-order valence-electron chi connectivity index (χ2n) is 6.64. The van der Waals surface area contributed by atoms with Gasteiger partial charge in [-0.2, -0.15) is 0 Å². The zero-order valence-electron chi connectivity index (χ0n) is 17.1. The SMILES string of the molecule is Fc1ccc(SC=C(Sc2ccccc2)/C(=N\c2ccccc2)Sc2ccccc2)cc1. The normalized spacial score (nSPS) is 12.0. The minimum absolute atomic E-state index is 0.233. The van der Waals surface area contributed by atoms with Crippen LogP contribution < -0.4 is 0 Å². The van der Waals surface area contributed by atoms with Gasteiger partial charge in [-0.15, -0.1) is 0 Å². The molecule has 0 radical (unpaired) electrons. The van der Waals surface area contributed by atoms with Gasteiger partial charge < -0.3 is 0 Å². The molecule has 0 atom stereocenters. The maximum Gasteiger partial charge on any atom is 0.123 e. The van der Waals surface area contributed by atoms with Gasteiger partial charge >= 0.3 is 0 Å². The van der Waals surface area contributed by atoms with Crippen LogP contribution in [-0.2, 0) is 0 Å². The first kappa shape index (κ1) is 22.5. The van der Waals surface area contributed by atoms with E-state index in [2.05, 4.69) is 29.7 Å². The van der Waals surface area contributed by atoms with E-state index in [1.165, 1.54) is 12.1 Å². The molecule has 158 valence electrons. The molecule has 0 heterocycles. The lowest BCUT2D eigenvalue weighted by Crippen LogP contribution is -1.95. The zero-order valence-corrected chi connectivity index (χ0v) is 19.5. The van der Waals surface area contributed by atoms with Crippen LogP contribution >= 0.6 is 35.3 Å². The summed E-state index contributed by atoms with van der Waals surface area (Å²) in [4.78, 5) is 9.25. The number of halogens is 1. The molecule has 5 heteroatoms. The number of aliphatic imine (C=N–C) groups is 1. The van der Waals surface area contributed by atoms with Crippen LogP contribution in [0.5, 0.6) is 0 Å². The molecule has 0 aliphatic heterocycles. The monoisotopic (exact) mass is 473 g/mol. The third-order valence-corrected chi connectivity index (χ3v) is 7.47. The lowest BCUT2D eigenvalue weighted by atomic mass is 10.3. The first-order valence-corrected chi connectivity index (χ1v) is 12.5. The Morgan fingerprint density at radius 1 is 0.594 bits per heavy atom. The summed E-state index contributed by atoms with van der Waals surface area (Å²) in [5, 5.41) is 3.01. The molecule has 0 saturated heterocycles. The first-order chi connectivity index (χ1) is 15.8. The number of para-hydroxylation sites is 1. The molecule has 0 spiro atoms. The van der Waals surface area contributed by atoms with E-state index in [1.807, 2.05) is 66.7 Å². The van der Waals surface area contributed by atoms with Crippen molar-refractivity contribution in [1.82, 2.24) is 0 Å². The summed E-state index contributed by atoms with van der Waals surface area (Å²) in [6.45, 7) is 0. The van der Waals surface area contributed by atoms with E-state index in [0.717, 1.165) is 30.3 Å². The number of thioether (sulfide) groups is 3. The van der Waals surface area contributed by atoms with Crippen molar-refractivity contribution < 1.29 is 4.39 Å². The average Bonchev–Trinajstić information content (AvgIpc) is 2.84. The second kappa shape index (κ2) is 11.8. The van der Waals surface area contributed by atoms with Gasteiger partial charge in [-0.05, 0) is 66.1 Å². The Hall–Kier alpha value is -2.73. The number of hydrogen-bond donors (Lipinski definition) is 0. The van der Waals surface area contributed by atoms with Crippen LogP contribution in [0.4, 0.5) is 10.1 Å². The van der Waals surface area contributed by atoms with Crippen molar-refractivity contribution in [1.29, 1.82) is 0 Å². The van der Waals surface area contributed by atoms with Gasteiger partial charge in [0.15, 0.2) is 0 Å². The zero-order chi connectivity index (χ0) is 22.0. The molecule has 0 bridgehead atoms. The van der Waals surface area contributed by atoms with Crippen LogP contribution in [0.2, 0.25) is 0 Å². The van der Waals surface area contributed by atoms with E-state index in [1.54, 1.807) is 47.4 Å². The molecule has 0 aliphatic rings. The van der Waals surface area contributed by atoms with Crippen molar-refractivity contribution in [3.05, 3.63) is 131 Å². The fraction of sp³-hybridized carbons (Fsp3) is 0. The summed E-state index contributed by atoms with van der Waals surface area (Å²) in [7, 11) is 0. The van der Waals surface area contributed by atoms with Gasteiger partial charge in [0.05, 0.1) is 10.6 Å². The van der Waals surface area contributed by atoms with Gasteiger partial charge in [-0.1, -0.05) is 89.9 Å². The van der Waals surface area contributed by atoms with Crippen LogP contribution in [-0.4, -0.2) is 5.04 Å². The van der Waals surface area contributed by atoms with E-state index in [-0.39, 0.29) is 5.82 Å². The fourth-order valence-corrected chi connectivity index (χ4v) is 5.53. The summed E-state index contributed by atoms with van der Waals surface area (Å²) < 4.78 is 13.3. The minimum atomic E-state index is -0.233. The molecule has 4 rings (SSSR count). The van der Waals surface area contributed by atoms with E-state index in [0.29, 0.717) is 0 Å². The van der Waals surface area contributed by atoms with Gasteiger partial charge in [0, 0.05) is 14.7 Å². The predicted molar refractivity (Wildman–Crippen MR) is 138 cm³/mol. The van der Waals surface area contributed by atoms with E-state index >= 15 is 0 Å². The fourth-order valence-electron chi connectivity index (χ4n) is 2.72. The van der Waals surface area contributed by atoms with Crippen molar-refractivity contribution in [3.63, 3.8) is 0 Å². The number of hydrogen-bond acceptors (Lipinski definition) is 4. The highest BCUT2D eigenvalue weighted by Crippen LogP contribution is 2.37. The van der Waals surface area contributed by atoms with Crippen LogP contribution in [0.3, 0.4) is 0 Å². The Labute approximate surface area is 200 Å². The molecule has 0 aromatic heterocycles. The topological polar surface area (TPSA) is 12.4 Å². The lowest BCUT2D eigenvalue weighted by molar-refractivity contribution is 0.626. The Morgan fingerprint density at radius 2 is 1.12 bits per heavy atom. The summed E-state index contributed by atoms with van der Waals surface area (Å²) in [5.74, 6) is -0.233. The molecule has 0 N–H and O–H groups in total. The highest BCUT2D eigenvalue weighted by molar-refractivity contribution is 8.18. The third kappa shape index (κ3) is 6.89. The highest BCUT2D eigenvalue weighted by atomic mass is 32.2. The molecule has 4 aromatic carbocycles. The second-order valence-corrected chi connectivity index (χ2v) is 9.76. The van der Waals surface area contributed by atoms with Crippen LogP contribution in [0.1, 0.15) is 0 Å². The molecular weight excluding hydrogens is 454 g/mol. The summed E-state index contributed by atoms with van der Waals surface area (Å²) >= 11 is 4.87. The molecule has 0 unspecified atom stereocenters. The van der Waals surface area contributed by atoms with Gasteiger partial charge in [-0.3, -0.25) is 0 Å². The molecule has 4 aromatic rings. The van der Waals surface area contributed by atoms with Crippen LogP contribution in [0.25, 0.3) is 0 Å². The van der Waals surface area contributed by atoms with Gasteiger partial charge in [0.25, 0.3) is 0 Å². The predicted octanol–water partition coefficient (Wildman–Crippen LogP) is 9.07. The lowest BCUT2D eigenvalue weighted by Gasteiger charge is -2.12. The third-order valence-electron chi connectivity index (χ3n) is 4.24. The number of nitrogens with zero attached hydrogens (tertiary/aromatic N) is 1. The van der Waals surface area contributed by atoms with Crippen LogP contribution in [0.15, 0.2) is 145 Å². The smallest absolute Gasteiger partial charge is 0.123 e. The van der Waals surface area contributed by atoms with Gasteiger partial charge in [0.2, 0.25) is 0 Å². The molecule has 0 saturated carbocycles. The largest absolute Gasteiger partial charge is 0.241 e. The first-order valence-electron chi connectivity index (χ1n) is 9.98. The Balaban J connectivity index is 1.72. The minimum Gasteiger partial charge on any atom is -0.241 e. The summed E-state index contributed by atoms with van der Waals surface area (Å²) in [6.07, 6.45) is 0. The maximum absolute atomic E-state index is 13.3. The van der Waals surface area contributed by atoms with Gasteiger partial charge in [-0.25, -0.2) is 9.38 Å². The molecule has 32 heavy (non-hydrogen) atoms. The number of rotatable bonds is 7. The van der Waals surface area contributed by atoms with Crippen molar-refractivity contribution in [2.75, 3.05) is 0 Å². The Morgan fingerprint density at radius 3 is 1.72 bits per heavy atom. The van der Waals surface area contributed by atoms with E-state index in [9.17, 15) is 4.39 Å². The quantitative estimate of drug-likeness (QED) is 0.151. The molecule has 0 aliphatic carbocycles. The van der Waals surface area contributed by atoms with Gasteiger partial charge in [0.1, 0.15) is 10.9 Å². The average molecular weight is 474 g/mol. The van der Waals surface area contributed by atoms with E-state index < -0.39 is 0 Å². The van der Waals surface area contributed by atoms with Crippen molar-refractivity contribution >= 4 is 46.0 Å². The maximum atomic E-state index is 13.3. The summed E-state index contributed by atoms with van der Waals surface area (Å²) in [5.41, 5.74) is 0.900. The highest BCUT2D eigenvalue weighted by Gasteiger charge is 2.13. The van der Waals surface area contributed by atoms with Crippen LogP contribution in [0, 0.1) is 5.82 Å². The van der Waals surface area contributed by atoms with Crippen molar-refractivity contribution in [2.24, 2.45) is 4.99 Å². The Bertz CT molecular complexity index is 1180. The molecule has 1 nitrogen and oxygen atoms in total. The molecule has 0 fully saturated rings. The van der Waals surface area contributed by atoms with E-state index in [4.69, 9.17) is 4.99 Å². The number of benzene rings is 4. The van der Waals surface area contributed by atoms with Crippen molar-refractivity contribution in [2.45, 2.75) is 14.7 Å². The standard InChI is InChI=1S/C27H20FNS3/c28-21-16-18-23(19-17-21)30-20-26(31-24-12-6-2-7-13-24)27(29-22-10-4-1-5-11-22)32-25-14-8-3-9-15-25/h1-20H/b26-20?,29-27+.